The molecule has 2 N–H and O–H groups in total. The van der Waals surface area contributed by atoms with Crippen LogP contribution in [0.2, 0.25) is 0 Å². The third-order valence-corrected chi connectivity index (χ3v) is 5.78. The van der Waals surface area contributed by atoms with Crippen molar-refractivity contribution in [2.75, 3.05) is 19.6 Å². The summed E-state index contributed by atoms with van der Waals surface area (Å²) in [7, 11) is 0. The zero-order valence-corrected chi connectivity index (χ0v) is 15.5. The lowest BCUT2D eigenvalue weighted by atomic mass is 9.90. The van der Waals surface area contributed by atoms with Crippen LogP contribution in [0.1, 0.15) is 35.8 Å². The number of hydrogen-bond acceptors (Lipinski definition) is 2. The third kappa shape index (κ3) is 3.69. The molecule has 0 unspecified atom stereocenters. The summed E-state index contributed by atoms with van der Waals surface area (Å²) >= 11 is 0. The van der Waals surface area contributed by atoms with E-state index in [0.29, 0.717) is 0 Å². The van der Waals surface area contributed by atoms with Gasteiger partial charge in [-0.2, -0.15) is 0 Å². The van der Waals surface area contributed by atoms with E-state index in [2.05, 4.69) is 59.3 Å². The molecule has 1 atom stereocenters. The number of H-pyrrole nitrogens is 1. The van der Waals surface area contributed by atoms with E-state index in [9.17, 15) is 5.11 Å². The monoisotopic (exact) mass is 348 g/mol. The minimum Gasteiger partial charge on any atom is -0.387 e. The van der Waals surface area contributed by atoms with Crippen LogP contribution >= 0.6 is 0 Å². The molecule has 4 rings (SSSR count). The van der Waals surface area contributed by atoms with Gasteiger partial charge in [0.2, 0.25) is 0 Å². The van der Waals surface area contributed by atoms with Crippen molar-refractivity contribution in [2.45, 2.75) is 32.3 Å². The highest BCUT2D eigenvalue weighted by Gasteiger charge is 2.24. The standard InChI is InChI=1S/C23H28N2O/c1-17-23(20-9-5-6-10-21(20)24-17)22(26)16-25-13-11-19(12-14-25)15-18-7-3-2-4-8-18/h2-10,19,22,24,26H,11-16H2,1H3/t22-/m0/s1. The Morgan fingerprint density at radius 3 is 2.50 bits per heavy atom. The van der Waals surface area contributed by atoms with E-state index in [-0.39, 0.29) is 0 Å². The molecular weight excluding hydrogens is 320 g/mol. The lowest BCUT2D eigenvalue weighted by molar-refractivity contribution is 0.0898. The zero-order chi connectivity index (χ0) is 17.9. The summed E-state index contributed by atoms with van der Waals surface area (Å²) < 4.78 is 0. The molecule has 0 aliphatic carbocycles. The maximum absolute atomic E-state index is 10.9. The van der Waals surface area contributed by atoms with E-state index in [0.717, 1.165) is 47.7 Å². The van der Waals surface area contributed by atoms with E-state index in [1.165, 1.54) is 24.8 Å². The Balaban J connectivity index is 1.36. The molecule has 1 aliphatic rings. The number of likely N-dealkylation sites (tertiary alicyclic amines) is 1. The Kier molecular flexibility index (Phi) is 5.09. The number of aryl methyl sites for hydroxylation is 1. The van der Waals surface area contributed by atoms with Gasteiger partial charge in [-0.3, -0.25) is 0 Å². The smallest absolute Gasteiger partial charge is 0.0940 e. The predicted octanol–water partition coefficient (Wildman–Crippen LogP) is 4.46. The van der Waals surface area contributed by atoms with Gasteiger partial charge in [0, 0.05) is 28.7 Å². The van der Waals surface area contributed by atoms with Crippen LogP contribution in [0.4, 0.5) is 0 Å². The SMILES string of the molecule is Cc1[nH]c2ccccc2c1[C@@H](O)CN1CCC(Cc2ccccc2)CC1. The maximum Gasteiger partial charge on any atom is 0.0940 e. The molecule has 3 aromatic rings. The summed E-state index contributed by atoms with van der Waals surface area (Å²) in [5.41, 5.74) is 4.70. The third-order valence-electron chi connectivity index (χ3n) is 5.78. The van der Waals surface area contributed by atoms with Gasteiger partial charge in [-0.1, -0.05) is 48.5 Å². The fourth-order valence-corrected chi connectivity index (χ4v) is 4.38. The first-order valence-electron chi connectivity index (χ1n) is 9.72. The topological polar surface area (TPSA) is 39.3 Å². The zero-order valence-electron chi connectivity index (χ0n) is 15.5. The van der Waals surface area contributed by atoms with E-state index in [1.54, 1.807) is 0 Å². The summed E-state index contributed by atoms with van der Waals surface area (Å²) in [6.45, 7) is 4.94. The highest BCUT2D eigenvalue weighted by atomic mass is 16.3. The Morgan fingerprint density at radius 1 is 1.04 bits per heavy atom. The average molecular weight is 348 g/mol. The van der Waals surface area contributed by atoms with Gasteiger partial charge in [0.15, 0.2) is 0 Å². The van der Waals surface area contributed by atoms with E-state index < -0.39 is 6.10 Å². The summed E-state index contributed by atoms with van der Waals surface area (Å²) in [6.07, 6.45) is 3.18. The minimum atomic E-state index is -0.433. The lowest BCUT2D eigenvalue weighted by Gasteiger charge is -2.33. The number of aromatic amines is 1. The number of piperidine rings is 1. The van der Waals surface area contributed by atoms with Gasteiger partial charge >= 0.3 is 0 Å². The molecule has 0 saturated carbocycles. The molecule has 3 heteroatoms. The maximum atomic E-state index is 10.9. The second kappa shape index (κ2) is 7.65. The number of hydrogen-bond donors (Lipinski definition) is 2. The first kappa shape index (κ1) is 17.3. The van der Waals surface area contributed by atoms with Crippen LogP contribution in [0.15, 0.2) is 54.6 Å². The van der Waals surface area contributed by atoms with Crippen LogP contribution in [-0.4, -0.2) is 34.6 Å². The van der Waals surface area contributed by atoms with Crippen LogP contribution in [0.5, 0.6) is 0 Å². The summed E-state index contributed by atoms with van der Waals surface area (Å²) in [5.74, 6) is 0.764. The van der Waals surface area contributed by atoms with Crippen molar-refractivity contribution in [3.63, 3.8) is 0 Å². The van der Waals surface area contributed by atoms with Gasteiger partial charge in [0.25, 0.3) is 0 Å². The Bertz CT molecular complexity index is 847. The van der Waals surface area contributed by atoms with Crippen LogP contribution in [0, 0.1) is 12.8 Å². The number of aliphatic hydroxyl groups is 1. The lowest BCUT2D eigenvalue weighted by Crippen LogP contribution is -2.37. The number of para-hydroxylation sites is 1. The molecular formula is C23H28N2O. The molecule has 0 spiro atoms. The van der Waals surface area contributed by atoms with E-state index >= 15 is 0 Å². The molecule has 1 saturated heterocycles. The fourth-order valence-electron chi connectivity index (χ4n) is 4.38. The Morgan fingerprint density at radius 2 is 1.73 bits per heavy atom. The number of aromatic nitrogens is 1. The molecule has 1 aromatic heterocycles. The number of fused-ring (bicyclic) bond motifs is 1. The molecule has 0 amide bonds. The van der Waals surface area contributed by atoms with Crippen molar-refractivity contribution in [3.05, 3.63) is 71.4 Å². The summed E-state index contributed by atoms with van der Waals surface area (Å²) in [5, 5.41) is 12.0. The van der Waals surface area contributed by atoms with Gasteiger partial charge in [0.1, 0.15) is 0 Å². The first-order valence-corrected chi connectivity index (χ1v) is 9.72. The van der Waals surface area contributed by atoms with Gasteiger partial charge in [0.05, 0.1) is 6.10 Å². The quantitative estimate of drug-likeness (QED) is 0.714. The molecule has 2 heterocycles. The first-order chi connectivity index (χ1) is 12.7. The van der Waals surface area contributed by atoms with E-state index in [4.69, 9.17) is 0 Å². The number of nitrogens with zero attached hydrogens (tertiary/aromatic N) is 1. The molecule has 0 bridgehead atoms. The second-order valence-electron chi connectivity index (χ2n) is 7.66. The van der Waals surface area contributed by atoms with Crippen molar-refractivity contribution >= 4 is 10.9 Å². The molecule has 0 radical (unpaired) electrons. The van der Waals surface area contributed by atoms with Crippen LogP contribution in [-0.2, 0) is 6.42 Å². The highest BCUT2D eigenvalue weighted by molar-refractivity contribution is 5.84. The Hall–Kier alpha value is -2.10. The minimum absolute atomic E-state index is 0.433. The van der Waals surface area contributed by atoms with Crippen molar-refractivity contribution < 1.29 is 5.11 Å². The predicted molar refractivity (Wildman–Crippen MR) is 107 cm³/mol. The number of aliphatic hydroxyl groups excluding tert-OH is 1. The van der Waals surface area contributed by atoms with E-state index in [1.807, 2.05) is 12.1 Å². The van der Waals surface area contributed by atoms with Crippen molar-refractivity contribution in [1.82, 2.24) is 9.88 Å². The number of rotatable bonds is 5. The second-order valence-corrected chi connectivity index (χ2v) is 7.66. The summed E-state index contributed by atoms with van der Waals surface area (Å²) in [4.78, 5) is 5.83. The van der Waals surface area contributed by atoms with Crippen LogP contribution < -0.4 is 0 Å². The molecule has 3 nitrogen and oxygen atoms in total. The molecule has 1 aliphatic heterocycles. The summed E-state index contributed by atoms with van der Waals surface area (Å²) in [6, 6.07) is 19.1. The molecule has 2 aromatic carbocycles. The van der Waals surface area contributed by atoms with Crippen molar-refractivity contribution in [1.29, 1.82) is 0 Å². The normalized spacial score (nSPS) is 17.6. The largest absolute Gasteiger partial charge is 0.387 e. The van der Waals surface area contributed by atoms with Gasteiger partial charge in [-0.05, 0) is 56.8 Å². The molecule has 1 fully saturated rings. The van der Waals surface area contributed by atoms with Crippen LogP contribution in [0.3, 0.4) is 0 Å². The van der Waals surface area contributed by atoms with Gasteiger partial charge < -0.3 is 15.0 Å². The number of β-amino-alcohol motifs (C(OH)–C–C–N with tert-alkyl or cyclic N) is 1. The number of benzene rings is 2. The number of nitrogens with one attached hydrogen (secondary N) is 1. The van der Waals surface area contributed by atoms with Gasteiger partial charge in [-0.25, -0.2) is 0 Å². The Labute approximate surface area is 155 Å². The molecule has 26 heavy (non-hydrogen) atoms. The molecule has 136 valence electrons. The fraction of sp³-hybridized carbons (Fsp3) is 0.391. The van der Waals surface area contributed by atoms with Crippen molar-refractivity contribution in [2.24, 2.45) is 5.92 Å². The van der Waals surface area contributed by atoms with Crippen LogP contribution in [0.25, 0.3) is 10.9 Å². The van der Waals surface area contributed by atoms with Crippen molar-refractivity contribution in [3.8, 4) is 0 Å². The average Bonchev–Trinajstić information content (AvgIpc) is 3.00. The van der Waals surface area contributed by atoms with Gasteiger partial charge in [-0.15, -0.1) is 0 Å². The highest BCUT2D eigenvalue weighted by Crippen LogP contribution is 2.29.